The molecule has 0 nitrogen and oxygen atoms in total. The van der Waals surface area contributed by atoms with Gasteiger partial charge in [0.15, 0.2) is 0 Å². The van der Waals surface area contributed by atoms with Gasteiger partial charge >= 0.3 is 0 Å². The van der Waals surface area contributed by atoms with Crippen LogP contribution in [0.2, 0.25) is 0 Å². The summed E-state index contributed by atoms with van der Waals surface area (Å²) in [5.41, 5.74) is 7.58. The molecule has 5 rings (SSSR count). The summed E-state index contributed by atoms with van der Waals surface area (Å²) in [6, 6.07) is 56.3. The van der Waals surface area contributed by atoms with Crippen LogP contribution in [0.1, 0.15) is 104 Å². The van der Waals surface area contributed by atoms with Crippen LogP contribution in [0, 0.1) is 5.41 Å². The van der Waals surface area contributed by atoms with E-state index >= 15 is 0 Å². The standard InChI is InChI=1S/C44H50/c1-44(2,3)34-43(39-27-17-8-18-28-39)33-42(38-25-15-7-16-26-38)32-41(37-23-13-6-14-24-37)31-40(36-21-11-5-12-22-36)30-29-35-19-9-4-10-20-35/h4-28,40-43H,29-34H2,1-3H3. The molecule has 0 saturated carbocycles. The van der Waals surface area contributed by atoms with Crippen LogP contribution in [0.5, 0.6) is 0 Å². The van der Waals surface area contributed by atoms with Gasteiger partial charge in [-0.1, -0.05) is 172 Å². The molecule has 0 saturated heterocycles. The maximum Gasteiger partial charge on any atom is -0.0150 e. The monoisotopic (exact) mass is 578 g/mol. The minimum Gasteiger partial charge on any atom is -0.0622 e. The lowest BCUT2D eigenvalue weighted by Crippen LogP contribution is -2.17. The van der Waals surface area contributed by atoms with Crippen LogP contribution < -0.4 is 0 Å². The first-order valence-corrected chi connectivity index (χ1v) is 16.7. The van der Waals surface area contributed by atoms with Crippen molar-refractivity contribution in [1.29, 1.82) is 0 Å². The summed E-state index contributed by atoms with van der Waals surface area (Å²) < 4.78 is 0. The summed E-state index contributed by atoms with van der Waals surface area (Å²) in [5.74, 6) is 1.95. The predicted octanol–water partition coefficient (Wildman–Crippen LogP) is 12.4. The zero-order chi connectivity index (χ0) is 30.6. The lowest BCUT2D eigenvalue weighted by Gasteiger charge is -2.33. The van der Waals surface area contributed by atoms with E-state index in [-0.39, 0.29) is 5.41 Å². The summed E-state index contributed by atoms with van der Waals surface area (Å²) >= 11 is 0. The van der Waals surface area contributed by atoms with Gasteiger partial charge in [0.25, 0.3) is 0 Å². The van der Waals surface area contributed by atoms with Crippen molar-refractivity contribution >= 4 is 0 Å². The van der Waals surface area contributed by atoms with Crippen molar-refractivity contribution in [2.45, 2.75) is 83.0 Å². The van der Waals surface area contributed by atoms with Crippen LogP contribution in [0.15, 0.2) is 152 Å². The first-order valence-electron chi connectivity index (χ1n) is 16.7. The Morgan fingerprint density at radius 1 is 0.386 bits per heavy atom. The molecule has 4 atom stereocenters. The van der Waals surface area contributed by atoms with Gasteiger partial charge in [-0.3, -0.25) is 0 Å². The lowest BCUT2D eigenvalue weighted by atomic mass is 9.72. The average Bonchev–Trinajstić information content (AvgIpc) is 3.06. The molecule has 0 spiro atoms. The predicted molar refractivity (Wildman–Crippen MR) is 189 cm³/mol. The first-order chi connectivity index (χ1) is 21.4. The van der Waals surface area contributed by atoms with Crippen molar-refractivity contribution in [3.8, 4) is 0 Å². The summed E-state index contributed by atoms with van der Waals surface area (Å²) in [7, 11) is 0. The topological polar surface area (TPSA) is 0 Å². The second-order valence-electron chi connectivity index (χ2n) is 13.9. The average molecular weight is 579 g/mol. The van der Waals surface area contributed by atoms with E-state index in [2.05, 4.69) is 172 Å². The Balaban J connectivity index is 1.48. The van der Waals surface area contributed by atoms with Gasteiger partial charge in [-0.05, 0) is 95.4 Å². The molecule has 0 aromatic heterocycles. The van der Waals surface area contributed by atoms with E-state index in [0.29, 0.717) is 23.7 Å². The second-order valence-corrected chi connectivity index (χ2v) is 13.9. The molecule has 44 heavy (non-hydrogen) atoms. The van der Waals surface area contributed by atoms with Crippen LogP contribution in [-0.4, -0.2) is 0 Å². The third kappa shape index (κ3) is 9.55. The van der Waals surface area contributed by atoms with Gasteiger partial charge < -0.3 is 0 Å². The van der Waals surface area contributed by atoms with Gasteiger partial charge in [0.1, 0.15) is 0 Å². The molecule has 5 aromatic carbocycles. The highest BCUT2D eigenvalue weighted by Crippen LogP contribution is 2.44. The molecule has 0 N–H and O–H groups in total. The Bertz CT molecular complexity index is 1470. The molecule has 0 aliphatic carbocycles. The zero-order valence-corrected chi connectivity index (χ0v) is 27.0. The van der Waals surface area contributed by atoms with Gasteiger partial charge in [0, 0.05) is 0 Å². The number of rotatable bonds is 14. The molecule has 0 radical (unpaired) electrons. The molecule has 226 valence electrons. The van der Waals surface area contributed by atoms with Crippen LogP contribution in [0.4, 0.5) is 0 Å². The van der Waals surface area contributed by atoms with E-state index in [1.54, 1.807) is 0 Å². The van der Waals surface area contributed by atoms with E-state index in [4.69, 9.17) is 0 Å². The molecular weight excluding hydrogens is 528 g/mol. The maximum absolute atomic E-state index is 2.39. The Morgan fingerprint density at radius 2 is 0.705 bits per heavy atom. The number of hydrogen-bond donors (Lipinski definition) is 0. The summed E-state index contributed by atoms with van der Waals surface area (Å²) in [6.07, 6.45) is 6.90. The zero-order valence-electron chi connectivity index (χ0n) is 27.0. The van der Waals surface area contributed by atoms with Crippen LogP contribution in [0.25, 0.3) is 0 Å². The van der Waals surface area contributed by atoms with Crippen molar-refractivity contribution < 1.29 is 0 Å². The first kappa shape index (κ1) is 31.5. The van der Waals surface area contributed by atoms with E-state index < -0.39 is 0 Å². The van der Waals surface area contributed by atoms with Crippen LogP contribution >= 0.6 is 0 Å². The van der Waals surface area contributed by atoms with Gasteiger partial charge in [-0.25, -0.2) is 0 Å². The van der Waals surface area contributed by atoms with E-state index in [1.807, 2.05) is 0 Å². The van der Waals surface area contributed by atoms with Crippen molar-refractivity contribution in [2.75, 3.05) is 0 Å². The third-order valence-electron chi connectivity index (χ3n) is 9.27. The normalized spacial score (nSPS) is 14.4. The van der Waals surface area contributed by atoms with Crippen LogP contribution in [-0.2, 0) is 6.42 Å². The summed E-state index contributed by atoms with van der Waals surface area (Å²) in [5, 5.41) is 0. The van der Waals surface area contributed by atoms with Crippen molar-refractivity contribution in [1.82, 2.24) is 0 Å². The van der Waals surface area contributed by atoms with Crippen LogP contribution in [0.3, 0.4) is 0 Å². The SMILES string of the molecule is CC(C)(C)CC(CC(CC(CC(CCc1ccccc1)c1ccccc1)c1ccccc1)c1ccccc1)c1ccccc1. The second kappa shape index (κ2) is 15.7. The Kier molecular flexibility index (Phi) is 11.3. The molecule has 0 heterocycles. The van der Waals surface area contributed by atoms with Crippen molar-refractivity contribution in [3.63, 3.8) is 0 Å². The quantitative estimate of drug-likeness (QED) is 0.123. The maximum atomic E-state index is 2.39. The van der Waals surface area contributed by atoms with Gasteiger partial charge in [0.05, 0.1) is 0 Å². The number of hydrogen-bond acceptors (Lipinski definition) is 0. The minimum absolute atomic E-state index is 0.260. The fourth-order valence-electron chi connectivity index (χ4n) is 7.15. The van der Waals surface area contributed by atoms with Crippen molar-refractivity contribution in [2.24, 2.45) is 5.41 Å². The molecular formula is C44H50. The Morgan fingerprint density at radius 3 is 1.11 bits per heavy atom. The lowest BCUT2D eigenvalue weighted by molar-refractivity contribution is 0.312. The van der Waals surface area contributed by atoms with Gasteiger partial charge in [0.2, 0.25) is 0 Å². The van der Waals surface area contributed by atoms with E-state index in [0.717, 1.165) is 32.1 Å². The smallest absolute Gasteiger partial charge is 0.0150 e. The fraction of sp³-hybridized carbons (Fsp3) is 0.318. The fourth-order valence-corrected chi connectivity index (χ4v) is 7.15. The molecule has 0 fully saturated rings. The van der Waals surface area contributed by atoms with Crippen molar-refractivity contribution in [3.05, 3.63) is 179 Å². The van der Waals surface area contributed by atoms with Gasteiger partial charge in [-0.15, -0.1) is 0 Å². The largest absolute Gasteiger partial charge is 0.0622 e. The number of benzene rings is 5. The molecule has 0 aliphatic heterocycles. The molecule has 0 heteroatoms. The molecule has 0 amide bonds. The van der Waals surface area contributed by atoms with Gasteiger partial charge in [-0.2, -0.15) is 0 Å². The highest BCUT2D eigenvalue weighted by atomic mass is 14.3. The minimum atomic E-state index is 0.260. The summed E-state index contributed by atoms with van der Waals surface area (Å²) in [4.78, 5) is 0. The van der Waals surface area contributed by atoms with E-state index in [1.165, 1.54) is 34.2 Å². The third-order valence-corrected chi connectivity index (χ3v) is 9.27. The Labute approximate surface area is 267 Å². The highest BCUT2D eigenvalue weighted by molar-refractivity contribution is 5.28. The summed E-state index contributed by atoms with van der Waals surface area (Å²) in [6.45, 7) is 7.18. The number of aryl methyl sites for hydroxylation is 1. The van der Waals surface area contributed by atoms with E-state index in [9.17, 15) is 0 Å². The Hall–Kier alpha value is -3.90. The molecule has 5 aromatic rings. The molecule has 0 bridgehead atoms. The molecule has 0 aliphatic rings. The highest BCUT2D eigenvalue weighted by Gasteiger charge is 2.28. The molecule has 4 unspecified atom stereocenters.